The maximum Gasteiger partial charge on any atom is 0.269 e. The highest BCUT2D eigenvalue weighted by atomic mass is 16.6. The standard InChI is InChI=1S/C20H21N3O4/c1-3-14-4-6-16(7-5-14)22-12-15(11-19(22)24)20(25)21-18-9-8-17(23(26)27)10-13(18)2/h4-10,15H,3,11-12H2,1-2H3,(H,21,25)/t15-/m1/s1. The molecule has 140 valence electrons. The minimum atomic E-state index is -0.476. The van der Waals surface area contributed by atoms with E-state index in [9.17, 15) is 19.7 Å². The van der Waals surface area contributed by atoms with Gasteiger partial charge in [0.2, 0.25) is 11.8 Å². The molecule has 3 rings (SSSR count). The molecule has 1 heterocycles. The van der Waals surface area contributed by atoms with Crippen molar-refractivity contribution in [2.24, 2.45) is 5.92 Å². The molecule has 1 atom stereocenters. The minimum Gasteiger partial charge on any atom is -0.326 e. The first-order chi connectivity index (χ1) is 12.9. The molecule has 0 unspecified atom stereocenters. The molecule has 1 N–H and O–H groups in total. The Kier molecular flexibility index (Phi) is 5.21. The van der Waals surface area contributed by atoms with Crippen molar-refractivity contribution in [1.82, 2.24) is 0 Å². The third kappa shape index (κ3) is 3.97. The molecule has 2 aromatic carbocycles. The van der Waals surface area contributed by atoms with Crippen molar-refractivity contribution in [1.29, 1.82) is 0 Å². The second kappa shape index (κ2) is 7.57. The molecule has 7 nitrogen and oxygen atoms in total. The number of nitrogens with one attached hydrogen (secondary N) is 1. The van der Waals surface area contributed by atoms with Gasteiger partial charge in [0.15, 0.2) is 0 Å². The summed E-state index contributed by atoms with van der Waals surface area (Å²) in [4.78, 5) is 36.9. The number of benzene rings is 2. The molecule has 0 aliphatic carbocycles. The van der Waals surface area contributed by atoms with Gasteiger partial charge in [0, 0.05) is 36.5 Å². The van der Waals surface area contributed by atoms with Gasteiger partial charge in [0.25, 0.3) is 5.69 Å². The molecule has 0 bridgehead atoms. The molecule has 1 aliphatic rings. The molecule has 1 fully saturated rings. The van der Waals surface area contributed by atoms with Crippen molar-refractivity contribution in [3.8, 4) is 0 Å². The van der Waals surface area contributed by atoms with Gasteiger partial charge in [-0.2, -0.15) is 0 Å². The highest BCUT2D eigenvalue weighted by Gasteiger charge is 2.35. The summed E-state index contributed by atoms with van der Waals surface area (Å²) in [5.41, 5.74) is 3.08. The van der Waals surface area contributed by atoms with Crippen LogP contribution in [0.1, 0.15) is 24.5 Å². The number of nitro groups is 1. The van der Waals surface area contributed by atoms with E-state index in [2.05, 4.69) is 12.2 Å². The van der Waals surface area contributed by atoms with Gasteiger partial charge in [-0.05, 0) is 42.7 Å². The summed E-state index contributed by atoms with van der Waals surface area (Å²) >= 11 is 0. The lowest BCUT2D eigenvalue weighted by Gasteiger charge is -2.17. The molecule has 7 heteroatoms. The molecule has 27 heavy (non-hydrogen) atoms. The summed E-state index contributed by atoms with van der Waals surface area (Å²) in [6, 6.07) is 12.0. The van der Waals surface area contributed by atoms with E-state index in [1.807, 2.05) is 24.3 Å². The van der Waals surface area contributed by atoms with E-state index in [1.54, 1.807) is 11.8 Å². The number of anilines is 2. The zero-order valence-corrected chi connectivity index (χ0v) is 15.3. The van der Waals surface area contributed by atoms with Crippen molar-refractivity contribution in [2.75, 3.05) is 16.8 Å². The predicted octanol–water partition coefficient (Wildman–Crippen LogP) is 3.46. The fraction of sp³-hybridized carbons (Fsp3) is 0.300. The Labute approximate surface area is 157 Å². The van der Waals surface area contributed by atoms with Crippen LogP contribution in [0.4, 0.5) is 17.1 Å². The summed E-state index contributed by atoms with van der Waals surface area (Å²) in [5, 5.41) is 13.6. The van der Waals surface area contributed by atoms with Crippen LogP contribution >= 0.6 is 0 Å². The van der Waals surface area contributed by atoms with Gasteiger partial charge in [-0.15, -0.1) is 0 Å². The lowest BCUT2D eigenvalue weighted by molar-refractivity contribution is -0.384. The zero-order chi connectivity index (χ0) is 19.6. The molecular weight excluding hydrogens is 346 g/mol. The summed E-state index contributed by atoms with van der Waals surface area (Å²) in [5.74, 6) is -0.800. The van der Waals surface area contributed by atoms with Crippen LogP contribution in [0, 0.1) is 23.0 Å². The van der Waals surface area contributed by atoms with Crippen LogP contribution in [0.2, 0.25) is 0 Å². The lowest BCUT2D eigenvalue weighted by atomic mass is 10.1. The van der Waals surface area contributed by atoms with Gasteiger partial charge < -0.3 is 10.2 Å². The Morgan fingerprint density at radius 2 is 1.96 bits per heavy atom. The molecule has 0 spiro atoms. The number of nitro benzene ring substituents is 1. The summed E-state index contributed by atoms with van der Waals surface area (Å²) in [6.07, 6.45) is 1.07. The third-order valence-corrected chi connectivity index (χ3v) is 4.83. The van der Waals surface area contributed by atoms with Gasteiger partial charge in [0.05, 0.1) is 10.8 Å². The number of hydrogen-bond acceptors (Lipinski definition) is 4. The van der Waals surface area contributed by atoms with Crippen molar-refractivity contribution >= 4 is 28.9 Å². The van der Waals surface area contributed by atoms with Crippen LogP contribution in [0.15, 0.2) is 42.5 Å². The van der Waals surface area contributed by atoms with Gasteiger partial charge in [-0.25, -0.2) is 0 Å². The Balaban J connectivity index is 1.69. The highest BCUT2D eigenvalue weighted by molar-refractivity contribution is 6.03. The van der Waals surface area contributed by atoms with Gasteiger partial charge in [-0.1, -0.05) is 19.1 Å². The molecular formula is C20H21N3O4. The number of rotatable bonds is 5. The van der Waals surface area contributed by atoms with Crippen LogP contribution in [0.3, 0.4) is 0 Å². The SMILES string of the molecule is CCc1ccc(N2C[C@H](C(=O)Nc3ccc([N+](=O)[O-])cc3C)CC2=O)cc1. The number of nitrogens with zero attached hydrogens (tertiary/aromatic N) is 2. The molecule has 2 aromatic rings. The van der Waals surface area contributed by atoms with Crippen molar-refractivity contribution in [2.45, 2.75) is 26.7 Å². The average Bonchev–Trinajstić information content (AvgIpc) is 3.05. The van der Waals surface area contributed by atoms with Gasteiger partial charge in [0.1, 0.15) is 0 Å². The van der Waals surface area contributed by atoms with E-state index in [0.717, 1.165) is 12.1 Å². The van der Waals surface area contributed by atoms with E-state index < -0.39 is 10.8 Å². The number of hydrogen-bond donors (Lipinski definition) is 1. The molecule has 0 aromatic heterocycles. The maximum atomic E-state index is 12.6. The van der Waals surface area contributed by atoms with Gasteiger partial charge in [-0.3, -0.25) is 19.7 Å². The van der Waals surface area contributed by atoms with E-state index in [-0.39, 0.29) is 23.9 Å². The average molecular weight is 367 g/mol. The lowest BCUT2D eigenvalue weighted by Crippen LogP contribution is -2.28. The summed E-state index contributed by atoms with van der Waals surface area (Å²) in [6.45, 7) is 4.09. The van der Waals surface area contributed by atoms with Crippen molar-refractivity contribution in [3.63, 3.8) is 0 Å². The largest absolute Gasteiger partial charge is 0.326 e. The Morgan fingerprint density at radius 3 is 2.56 bits per heavy atom. The number of amides is 2. The van der Waals surface area contributed by atoms with E-state index in [4.69, 9.17) is 0 Å². The number of aryl methyl sites for hydroxylation is 2. The minimum absolute atomic E-state index is 0.0248. The first kappa shape index (κ1) is 18.6. The zero-order valence-electron chi connectivity index (χ0n) is 15.3. The topological polar surface area (TPSA) is 92.6 Å². The van der Waals surface area contributed by atoms with Crippen LogP contribution < -0.4 is 10.2 Å². The fourth-order valence-corrected chi connectivity index (χ4v) is 3.18. The number of carbonyl (C=O) groups excluding carboxylic acids is 2. The summed E-state index contributed by atoms with van der Waals surface area (Å²) in [7, 11) is 0. The second-order valence-corrected chi connectivity index (χ2v) is 6.67. The molecule has 1 aliphatic heterocycles. The van der Waals surface area contributed by atoms with E-state index >= 15 is 0 Å². The number of non-ortho nitro benzene ring substituents is 1. The quantitative estimate of drug-likeness (QED) is 0.647. The predicted molar refractivity (Wildman–Crippen MR) is 103 cm³/mol. The fourth-order valence-electron chi connectivity index (χ4n) is 3.18. The maximum absolute atomic E-state index is 12.6. The number of carbonyl (C=O) groups is 2. The Hall–Kier alpha value is -3.22. The van der Waals surface area contributed by atoms with Crippen molar-refractivity contribution in [3.05, 3.63) is 63.7 Å². The Bertz CT molecular complexity index is 893. The van der Waals surface area contributed by atoms with E-state index in [1.165, 1.54) is 23.8 Å². The normalized spacial score (nSPS) is 16.4. The van der Waals surface area contributed by atoms with Crippen LogP contribution in [0.5, 0.6) is 0 Å². The van der Waals surface area contributed by atoms with Gasteiger partial charge >= 0.3 is 0 Å². The third-order valence-electron chi connectivity index (χ3n) is 4.83. The van der Waals surface area contributed by atoms with Crippen molar-refractivity contribution < 1.29 is 14.5 Å². The van der Waals surface area contributed by atoms with Crippen LogP contribution in [-0.4, -0.2) is 23.3 Å². The smallest absolute Gasteiger partial charge is 0.269 e. The molecule has 1 saturated heterocycles. The molecule has 0 radical (unpaired) electrons. The molecule has 0 saturated carbocycles. The Morgan fingerprint density at radius 1 is 1.26 bits per heavy atom. The monoisotopic (exact) mass is 367 g/mol. The van der Waals surface area contributed by atoms with E-state index in [0.29, 0.717) is 17.8 Å². The van der Waals surface area contributed by atoms with Crippen LogP contribution in [-0.2, 0) is 16.0 Å². The second-order valence-electron chi connectivity index (χ2n) is 6.67. The first-order valence-corrected chi connectivity index (χ1v) is 8.84. The first-order valence-electron chi connectivity index (χ1n) is 8.84. The summed E-state index contributed by atoms with van der Waals surface area (Å²) < 4.78 is 0. The molecule has 2 amide bonds. The van der Waals surface area contributed by atoms with Crippen LogP contribution in [0.25, 0.3) is 0 Å². The highest BCUT2D eigenvalue weighted by Crippen LogP contribution is 2.27.